The quantitative estimate of drug-likeness (QED) is 0.661. The summed E-state index contributed by atoms with van der Waals surface area (Å²) in [5.41, 5.74) is 15.4. The summed E-state index contributed by atoms with van der Waals surface area (Å²) in [7, 11) is 0. The van der Waals surface area contributed by atoms with E-state index in [1.807, 2.05) is 0 Å². The summed E-state index contributed by atoms with van der Waals surface area (Å²) in [4.78, 5) is 22.1. The van der Waals surface area contributed by atoms with E-state index in [4.69, 9.17) is 17.2 Å². The van der Waals surface area contributed by atoms with Crippen LogP contribution in [0.25, 0.3) is 5.69 Å². The molecule has 6 N–H and O–H groups in total. The number of anilines is 1. The number of primary amides is 2. The normalized spacial score (nSPS) is 10.4. The van der Waals surface area contributed by atoms with Crippen molar-refractivity contribution in [1.29, 1.82) is 0 Å². The molecule has 0 aliphatic heterocycles. The predicted octanol–water partition coefficient (Wildman–Crippen LogP) is -0.209. The van der Waals surface area contributed by atoms with Crippen molar-refractivity contribution in [1.82, 2.24) is 9.78 Å². The van der Waals surface area contributed by atoms with E-state index in [9.17, 15) is 14.0 Å². The van der Waals surface area contributed by atoms with E-state index in [0.29, 0.717) is 0 Å². The Morgan fingerprint density at radius 2 is 1.89 bits per heavy atom. The SMILES string of the molecule is NC(=O)c1ccn(-c2cc(C(N)=O)c(N)cc2F)n1. The lowest BCUT2D eigenvalue weighted by molar-refractivity contribution is 0.0988. The van der Waals surface area contributed by atoms with Gasteiger partial charge in [0.1, 0.15) is 11.4 Å². The molecule has 2 aromatic rings. The predicted molar refractivity (Wildman–Crippen MR) is 65.0 cm³/mol. The number of halogens is 1. The monoisotopic (exact) mass is 263 g/mol. The summed E-state index contributed by atoms with van der Waals surface area (Å²) in [6.45, 7) is 0. The number of carbonyl (C=O) groups is 2. The van der Waals surface area contributed by atoms with Crippen molar-refractivity contribution < 1.29 is 14.0 Å². The summed E-state index contributed by atoms with van der Waals surface area (Å²) in [6.07, 6.45) is 1.33. The molecule has 2 amide bonds. The zero-order chi connectivity index (χ0) is 14.2. The molecule has 1 aromatic heterocycles. The molecule has 0 bridgehead atoms. The van der Waals surface area contributed by atoms with Crippen molar-refractivity contribution in [2.24, 2.45) is 11.5 Å². The van der Waals surface area contributed by atoms with Crippen molar-refractivity contribution in [3.63, 3.8) is 0 Å². The molecule has 0 unspecified atom stereocenters. The fraction of sp³-hybridized carbons (Fsp3) is 0. The Balaban J connectivity index is 2.57. The molecule has 2 rings (SSSR count). The van der Waals surface area contributed by atoms with Gasteiger partial charge in [0.25, 0.3) is 11.8 Å². The number of carbonyl (C=O) groups excluding carboxylic acids is 2. The number of nitrogens with two attached hydrogens (primary N) is 3. The van der Waals surface area contributed by atoms with Crippen LogP contribution < -0.4 is 17.2 Å². The minimum absolute atomic E-state index is 0.0307. The van der Waals surface area contributed by atoms with Crippen LogP contribution >= 0.6 is 0 Å². The fourth-order valence-corrected chi connectivity index (χ4v) is 1.56. The number of nitrogen functional groups attached to an aromatic ring is 1. The van der Waals surface area contributed by atoms with Crippen molar-refractivity contribution in [2.75, 3.05) is 5.73 Å². The van der Waals surface area contributed by atoms with Crippen LogP contribution in [0.15, 0.2) is 24.4 Å². The van der Waals surface area contributed by atoms with Gasteiger partial charge >= 0.3 is 0 Å². The lowest BCUT2D eigenvalue weighted by Gasteiger charge is -2.07. The van der Waals surface area contributed by atoms with Crippen LogP contribution in [0.5, 0.6) is 0 Å². The van der Waals surface area contributed by atoms with Crippen LogP contribution in [0.2, 0.25) is 0 Å². The first-order chi connectivity index (χ1) is 8.90. The van der Waals surface area contributed by atoms with E-state index in [-0.39, 0.29) is 22.6 Å². The zero-order valence-corrected chi connectivity index (χ0v) is 9.63. The van der Waals surface area contributed by atoms with Gasteiger partial charge in [0.15, 0.2) is 5.82 Å². The van der Waals surface area contributed by atoms with Gasteiger partial charge in [-0.25, -0.2) is 9.07 Å². The van der Waals surface area contributed by atoms with Crippen molar-refractivity contribution in [3.8, 4) is 5.69 Å². The molecule has 0 radical (unpaired) electrons. The summed E-state index contributed by atoms with van der Waals surface area (Å²) in [5, 5.41) is 3.78. The van der Waals surface area contributed by atoms with Crippen LogP contribution in [0.4, 0.5) is 10.1 Å². The van der Waals surface area contributed by atoms with Crippen molar-refractivity contribution in [3.05, 3.63) is 41.5 Å². The Hall–Kier alpha value is -2.90. The molecule has 7 nitrogen and oxygen atoms in total. The molecule has 0 fully saturated rings. The lowest BCUT2D eigenvalue weighted by atomic mass is 10.1. The van der Waals surface area contributed by atoms with Gasteiger partial charge in [0.05, 0.1) is 5.56 Å². The number of aromatic nitrogens is 2. The molecule has 0 aliphatic rings. The van der Waals surface area contributed by atoms with Gasteiger partial charge in [-0.3, -0.25) is 9.59 Å². The average molecular weight is 263 g/mol. The second-order valence-electron chi connectivity index (χ2n) is 3.76. The standard InChI is InChI=1S/C11H10FN5O2/c12-6-4-7(13)5(10(14)18)3-9(6)17-2-1-8(16-17)11(15)19/h1-4H,13H2,(H2,14,18)(H2,15,19). The fourth-order valence-electron chi connectivity index (χ4n) is 1.56. The largest absolute Gasteiger partial charge is 0.398 e. The first-order valence-electron chi connectivity index (χ1n) is 5.15. The van der Waals surface area contributed by atoms with E-state index >= 15 is 0 Å². The maximum Gasteiger partial charge on any atom is 0.269 e. The summed E-state index contributed by atoms with van der Waals surface area (Å²) in [5.74, 6) is -2.24. The third-order valence-corrected chi connectivity index (χ3v) is 2.47. The van der Waals surface area contributed by atoms with Gasteiger partial charge in [-0.15, -0.1) is 0 Å². The topological polar surface area (TPSA) is 130 Å². The van der Waals surface area contributed by atoms with E-state index in [2.05, 4.69) is 5.10 Å². The van der Waals surface area contributed by atoms with Crippen LogP contribution in [0.3, 0.4) is 0 Å². The zero-order valence-electron chi connectivity index (χ0n) is 9.63. The molecule has 0 aliphatic carbocycles. The average Bonchev–Trinajstić information content (AvgIpc) is 2.77. The van der Waals surface area contributed by atoms with Crippen LogP contribution in [-0.2, 0) is 0 Å². The van der Waals surface area contributed by atoms with E-state index in [1.54, 1.807) is 0 Å². The van der Waals surface area contributed by atoms with Gasteiger partial charge in [0, 0.05) is 11.9 Å². The number of amides is 2. The highest BCUT2D eigenvalue weighted by atomic mass is 19.1. The van der Waals surface area contributed by atoms with Crippen molar-refractivity contribution >= 4 is 17.5 Å². The smallest absolute Gasteiger partial charge is 0.269 e. The Labute approximate surface area is 106 Å². The van der Waals surface area contributed by atoms with Gasteiger partial charge < -0.3 is 17.2 Å². The van der Waals surface area contributed by atoms with Gasteiger partial charge in [-0.05, 0) is 18.2 Å². The molecule has 1 aromatic carbocycles. The van der Waals surface area contributed by atoms with E-state index < -0.39 is 17.6 Å². The molecular weight excluding hydrogens is 253 g/mol. The molecule has 0 spiro atoms. The maximum absolute atomic E-state index is 13.8. The number of hydrogen-bond acceptors (Lipinski definition) is 4. The highest BCUT2D eigenvalue weighted by molar-refractivity contribution is 5.98. The van der Waals surface area contributed by atoms with Gasteiger partial charge in [-0.2, -0.15) is 5.10 Å². The first-order valence-corrected chi connectivity index (χ1v) is 5.15. The second kappa shape index (κ2) is 4.41. The third kappa shape index (κ3) is 2.23. The second-order valence-corrected chi connectivity index (χ2v) is 3.76. The van der Waals surface area contributed by atoms with Crippen molar-refractivity contribution in [2.45, 2.75) is 0 Å². The van der Waals surface area contributed by atoms with Crippen LogP contribution in [0, 0.1) is 5.82 Å². The van der Waals surface area contributed by atoms with E-state index in [0.717, 1.165) is 16.8 Å². The molecule has 0 saturated carbocycles. The Morgan fingerprint density at radius 1 is 1.21 bits per heavy atom. The number of hydrogen-bond donors (Lipinski definition) is 3. The summed E-state index contributed by atoms with van der Waals surface area (Å²) >= 11 is 0. The highest BCUT2D eigenvalue weighted by Gasteiger charge is 2.15. The summed E-state index contributed by atoms with van der Waals surface area (Å²) < 4.78 is 14.9. The van der Waals surface area contributed by atoms with Gasteiger partial charge in [-0.1, -0.05) is 0 Å². The third-order valence-electron chi connectivity index (χ3n) is 2.47. The number of nitrogens with zero attached hydrogens (tertiary/aromatic N) is 2. The summed E-state index contributed by atoms with van der Waals surface area (Å²) in [6, 6.07) is 3.44. The molecule has 19 heavy (non-hydrogen) atoms. The Kier molecular flexibility index (Phi) is 2.91. The first kappa shape index (κ1) is 12.6. The Morgan fingerprint density at radius 3 is 2.42 bits per heavy atom. The molecule has 8 heteroatoms. The number of rotatable bonds is 3. The Bertz CT molecular complexity index is 680. The minimum Gasteiger partial charge on any atom is -0.398 e. The van der Waals surface area contributed by atoms with Gasteiger partial charge in [0.2, 0.25) is 0 Å². The molecule has 0 saturated heterocycles. The molecule has 98 valence electrons. The molecule has 0 atom stereocenters. The van der Waals surface area contributed by atoms with Crippen LogP contribution in [-0.4, -0.2) is 21.6 Å². The molecule has 1 heterocycles. The number of benzene rings is 1. The lowest BCUT2D eigenvalue weighted by Crippen LogP contribution is -2.15. The maximum atomic E-state index is 13.8. The van der Waals surface area contributed by atoms with Crippen LogP contribution in [0.1, 0.15) is 20.8 Å². The highest BCUT2D eigenvalue weighted by Crippen LogP contribution is 2.20. The minimum atomic E-state index is -0.791. The van der Waals surface area contributed by atoms with E-state index in [1.165, 1.54) is 12.3 Å². The molecular formula is C11H10FN5O2.